The number of hydrogen-bond donors (Lipinski definition) is 0. The molecule has 11 heteroatoms. The summed E-state index contributed by atoms with van der Waals surface area (Å²) in [5.41, 5.74) is 0. The molecule has 1 rings (SSSR count). The molecule has 0 aromatic heterocycles. The van der Waals surface area contributed by atoms with Crippen LogP contribution in [0.2, 0.25) is 0 Å². The van der Waals surface area contributed by atoms with Crippen molar-refractivity contribution in [3.05, 3.63) is 12.2 Å². The third kappa shape index (κ3) is 8.19. The quantitative estimate of drug-likeness (QED) is 0.297. The van der Waals surface area contributed by atoms with Crippen molar-refractivity contribution in [2.45, 2.75) is 64.6 Å². The van der Waals surface area contributed by atoms with E-state index in [1.807, 2.05) is 0 Å². The van der Waals surface area contributed by atoms with E-state index in [4.69, 9.17) is 23.7 Å². The molecule has 0 unspecified atom stereocenters. The molecule has 1 aliphatic heterocycles. The number of rotatable bonds is 8. The molecule has 1 aliphatic rings. The number of methoxy groups -OCH3 is 1. The van der Waals surface area contributed by atoms with Crippen LogP contribution in [0.25, 0.3) is 0 Å². The van der Waals surface area contributed by atoms with Crippen LogP contribution in [0.3, 0.4) is 0 Å². The third-order valence-electron chi connectivity index (χ3n) is 3.91. The zero-order valence-corrected chi connectivity index (χ0v) is 17.4. The Morgan fingerprint density at radius 1 is 0.767 bits per heavy atom. The van der Waals surface area contributed by atoms with Gasteiger partial charge in [-0.05, 0) is 6.42 Å². The fraction of sp³-hybridized carbons (Fsp3) is 0.632. The molecule has 1 saturated heterocycles. The summed E-state index contributed by atoms with van der Waals surface area (Å²) in [7, 11) is 1.21. The van der Waals surface area contributed by atoms with Gasteiger partial charge in [0.25, 0.3) is 0 Å². The summed E-state index contributed by atoms with van der Waals surface area (Å²) in [6, 6.07) is 0. The summed E-state index contributed by atoms with van der Waals surface area (Å²) in [6.07, 6.45) is -2.92. The summed E-state index contributed by atoms with van der Waals surface area (Å²) in [4.78, 5) is 57.5. The molecule has 0 aromatic rings. The van der Waals surface area contributed by atoms with Crippen LogP contribution in [0.5, 0.6) is 0 Å². The Bertz CT molecular complexity index is 684. The van der Waals surface area contributed by atoms with Gasteiger partial charge < -0.3 is 28.4 Å². The van der Waals surface area contributed by atoms with Crippen molar-refractivity contribution >= 4 is 29.8 Å². The fourth-order valence-corrected chi connectivity index (χ4v) is 2.87. The van der Waals surface area contributed by atoms with Gasteiger partial charge in [-0.2, -0.15) is 0 Å². The molecule has 1 fully saturated rings. The van der Waals surface area contributed by atoms with Crippen molar-refractivity contribution in [1.29, 1.82) is 0 Å². The van der Waals surface area contributed by atoms with E-state index in [0.717, 1.165) is 26.8 Å². The highest BCUT2D eigenvalue weighted by molar-refractivity contribution is 5.81. The fourth-order valence-electron chi connectivity index (χ4n) is 2.87. The predicted molar refractivity (Wildman–Crippen MR) is 97.7 cm³/mol. The molecule has 0 N–H and O–H groups in total. The monoisotopic (exact) mass is 430 g/mol. The molecule has 30 heavy (non-hydrogen) atoms. The summed E-state index contributed by atoms with van der Waals surface area (Å²) >= 11 is 0. The van der Waals surface area contributed by atoms with Gasteiger partial charge in [0, 0.05) is 33.8 Å². The summed E-state index contributed by atoms with van der Waals surface area (Å²) in [5, 5.41) is 0. The van der Waals surface area contributed by atoms with Gasteiger partial charge in [-0.15, -0.1) is 0 Å². The lowest BCUT2D eigenvalue weighted by Crippen LogP contribution is -2.62. The average molecular weight is 430 g/mol. The van der Waals surface area contributed by atoms with Crippen LogP contribution < -0.4 is 0 Å². The number of esters is 5. The molecule has 0 aliphatic carbocycles. The van der Waals surface area contributed by atoms with Crippen LogP contribution in [0, 0.1) is 0 Å². The smallest absolute Gasteiger partial charge is 0.330 e. The minimum Gasteiger partial charge on any atom is -0.466 e. The van der Waals surface area contributed by atoms with E-state index in [1.54, 1.807) is 0 Å². The largest absolute Gasteiger partial charge is 0.466 e. The van der Waals surface area contributed by atoms with E-state index < -0.39 is 60.4 Å². The molecule has 168 valence electrons. The first-order chi connectivity index (χ1) is 14.0. The number of carbonyl (C=O) groups is 5. The Morgan fingerprint density at radius 2 is 1.27 bits per heavy atom. The molecule has 1 heterocycles. The molecule has 0 bridgehead atoms. The topological polar surface area (TPSA) is 141 Å². The minimum atomic E-state index is -1.24. The Hall–Kier alpha value is -2.95. The van der Waals surface area contributed by atoms with Gasteiger partial charge in [0.1, 0.15) is 18.8 Å². The van der Waals surface area contributed by atoms with Gasteiger partial charge >= 0.3 is 29.8 Å². The summed E-state index contributed by atoms with van der Waals surface area (Å²) in [6.45, 7) is 4.30. The lowest BCUT2D eigenvalue weighted by Gasteiger charge is -2.44. The van der Waals surface area contributed by atoms with Gasteiger partial charge in [0.2, 0.25) is 0 Å². The zero-order valence-electron chi connectivity index (χ0n) is 17.4. The van der Waals surface area contributed by atoms with Gasteiger partial charge in [-0.3, -0.25) is 19.2 Å². The highest BCUT2D eigenvalue weighted by atomic mass is 16.7. The Balaban J connectivity index is 3.28. The molecule has 0 saturated carbocycles. The Kier molecular flexibility index (Phi) is 9.96. The first-order valence-electron chi connectivity index (χ1n) is 9.10. The number of hydrogen-bond acceptors (Lipinski definition) is 11. The molecular weight excluding hydrogens is 404 g/mol. The first kappa shape index (κ1) is 25.1. The van der Waals surface area contributed by atoms with Crippen LogP contribution >= 0.6 is 0 Å². The van der Waals surface area contributed by atoms with Crippen LogP contribution in [0.15, 0.2) is 12.2 Å². The maximum Gasteiger partial charge on any atom is 0.330 e. The predicted octanol–water partition coefficient (Wildman–Crippen LogP) is 0.231. The van der Waals surface area contributed by atoms with Gasteiger partial charge in [0.05, 0.1) is 7.11 Å². The summed E-state index contributed by atoms with van der Waals surface area (Å²) < 4.78 is 31.2. The van der Waals surface area contributed by atoms with E-state index in [2.05, 4.69) is 4.74 Å². The van der Waals surface area contributed by atoms with E-state index >= 15 is 0 Å². The van der Waals surface area contributed by atoms with Gasteiger partial charge in [0.15, 0.2) is 18.3 Å². The maximum absolute atomic E-state index is 11.7. The molecule has 0 spiro atoms. The van der Waals surface area contributed by atoms with Crippen molar-refractivity contribution in [1.82, 2.24) is 0 Å². The van der Waals surface area contributed by atoms with E-state index in [0.29, 0.717) is 0 Å². The highest BCUT2D eigenvalue weighted by Crippen LogP contribution is 2.31. The molecule has 5 atom stereocenters. The molecule has 11 nitrogen and oxygen atoms in total. The highest BCUT2D eigenvalue weighted by Gasteiger charge is 2.51. The van der Waals surface area contributed by atoms with Crippen molar-refractivity contribution < 1.29 is 52.4 Å². The molecule has 0 amide bonds. The average Bonchev–Trinajstić information content (AvgIpc) is 2.63. The van der Waals surface area contributed by atoms with Crippen molar-refractivity contribution in [2.75, 3.05) is 13.7 Å². The van der Waals surface area contributed by atoms with Crippen LogP contribution in [0.1, 0.15) is 34.1 Å². The third-order valence-corrected chi connectivity index (χ3v) is 3.91. The van der Waals surface area contributed by atoms with E-state index in [-0.39, 0.29) is 13.0 Å². The summed E-state index contributed by atoms with van der Waals surface area (Å²) in [5.74, 6) is -3.33. The molecule has 0 radical (unpaired) electrons. The number of ether oxygens (including phenoxy) is 6. The van der Waals surface area contributed by atoms with Gasteiger partial charge in [-0.25, -0.2) is 4.79 Å². The molecule has 0 aromatic carbocycles. The van der Waals surface area contributed by atoms with Gasteiger partial charge in [-0.1, -0.05) is 6.08 Å². The van der Waals surface area contributed by atoms with E-state index in [1.165, 1.54) is 20.1 Å². The maximum atomic E-state index is 11.7. The normalized spacial score (nSPS) is 25.8. The van der Waals surface area contributed by atoms with Crippen molar-refractivity contribution in [3.8, 4) is 0 Å². The second kappa shape index (κ2) is 11.9. The van der Waals surface area contributed by atoms with Crippen molar-refractivity contribution in [2.24, 2.45) is 0 Å². The second-order valence-corrected chi connectivity index (χ2v) is 6.40. The minimum absolute atomic E-state index is 0.0498. The SMILES string of the molecule is COC(=O)/C=C/C[C@@H]1O[C@H](COC(C)=O)[C@H](OC(C)=O)[C@H](OC(C)=O)[C@H]1OC(C)=O. The lowest BCUT2D eigenvalue weighted by atomic mass is 9.92. The molecular formula is C19H26O11. The van der Waals surface area contributed by atoms with Crippen LogP contribution in [-0.2, 0) is 52.4 Å². The van der Waals surface area contributed by atoms with Crippen molar-refractivity contribution in [3.63, 3.8) is 0 Å². The number of carbonyl (C=O) groups excluding carboxylic acids is 5. The second-order valence-electron chi connectivity index (χ2n) is 6.40. The standard InChI is InChI=1S/C19H26O11/c1-10(20)26-9-15-18(28-12(3)22)19(29-13(4)23)17(27-11(2)21)14(30-15)7-6-8-16(24)25-5/h6,8,14-15,17-19H,7,9H2,1-5H3/b8-6+/t14-,15+,17-,18-,19+/m0/s1. The zero-order chi connectivity index (χ0) is 22.8. The van der Waals surface area contributed by atoms with E-state index in [9.17, 15) is 24.0 Å². The Labute approximate surface area is 173 Å². The lowest BCUT2D eigenvalue weighted by molar-refractivity contribution is -0.251. The van der Waals surface area contributed by atoms with Crippen LogP contribution in [0.4, 0.5) is 0 Å². The Morgan fingerprint density at radius 3 is 1.73 bits per heavy atom. The van der Waals surface area contributed by atoms with Crippen LogP contribution in [-0.4, -0.2) is 74.1 Å². The first-order valence-corrected chi connectivity index (χ1v) is 9.10.